The van der Waals surface area contributed by atoms with E-state index in [1.807, 2.05) is 0 Å². The molecule has 0 atom stereocenters. The van der Waals surface area contributed by atoms with Crippen LogP contribution in [0.3, 0.4) is 0 Å². The topological polar surface area (TPSA) is 54.0 Å². The van der Waals surface area contributed by atoms with E-state index in [1.54, 1.807) is 0 Å². The molecule has 4 saturated carbocycles. The van der Waals surface area contributed by atoms with E-state index in [-0.39, 0.29) is 20.4 Å². The number of rotatable bonds is 4. The van der Waals surface area contributed by atoms with Crippen LogP contribution in [0, 0.1) is 0 Å². The quantitative estimate of drug-likeness (QED) is 0.165. The van der Waals surface area contributed by atoms with Crippen molar-refractivity contribution in [2.24, 2.45) is 0 Å². The average molecular weight is 1090 g/mol. The molecule has 378 valence electrons. The Balaban J connectivity index is 0.00000498. The van der Waals surface area contributed by atoms with Gasteiger partial charge in [0.25, 0.3) is 0 Å². The second kappa shape index (κ2) is 18.1. The Hall–Kier alpha value is -6.90. The zero-order valence-corrected chi connectivity index (χ0v) is 45.1. The van der Waals surface area contributed by atoms with Crippen LogP contribution >= 0.6 is 0 Å². The van der Waals surface area contributed by atoms with Crippen LogP contribution in [0.2, 0.25) is 0 Å². The van der Waals surface area contributed by atoms with Crippen molar-refractivity contribution in [3.8, 4) is 45.0 Å². The first-order valence-corrected chi connectivity index (χ1v) is 29.1. The summed E-state index contributed by atoms with van der Waals surface area (Å²) in [5, 5.41) is 15.1. The number of benzene rings is 8. The molecule has 0 saturated heterocycles. The summed E-state index contributed by atoms with van der Waals surface area (Å²) >= 11 is 0. The van der Waals surface area contributed by atoms with Gasteiger partial charge in [-0.2, -0.15) is 0 Å². The van der Waals surface area contributed by atoms with Gasteiger partial charge in [-0.05, 0) is 210 Å². The molecule has 77 heavy (non-hydrogen) atoms. The molecule has 10 aromatic rings. The van der Waals surface area contributed by atoms with Crippen molar-refractivity contribution in [2.45, 2.75) is 126 Å². The predicted molar refractivity (Wildman–Crippen MR) is 318 cm³/mol. The minimum atomic E-state index is 0. The van der Waals surface area contributed by atoms with Crippen molar-refractivity contribution < 1.29 is 20.4 Å². The largest absolute Gasteiger partial charge is 2.00 e. The Bertz CT molecular complexity index is 3900. The molecule has 0 spiro atoms. The van der Waals surface area contributed by atoms with Gasteiger partial charge in [0, 0.05) is 22.3 Å². The third-order valence-corrected chi connectivity index (χ3v) is 19.6. The Kier molecular flexibility index (Phi) is 10.9. The number of hydrogen-bond donors (Lipinski definition) is 0. The fourth-order valence-electron chi connectivity index (χ4n) is 16.0. The number of hydrogen-bond acceptors (Lipinski definition) is 2. The third kappa shape index (κ3) is 7.12. The number of fused-ring (bicyclic) bond motifs is 4. The minimum absolute atomic E-state index is 0. The standard InChI is InChI=1S/C72H60N4.Pd/c1-2-18-41(17-1)61-65-53-33-45-25-9-11-27-47(45)35-55(53)67(73-65)62(42-19-3-4-20-42)69-57-37-49-29-13-15-31-51(49)39-59(57)71(75-69)64(44-23-7-8-24-44)72-60-40-52-32-16-14-30-50(52)38-58(60)70(76-72)63(43-21-5-6-22-43)68-56-36-48-28-12-10-26-46(48)34-54(56)66(61)74-68;/h9-16,25-44H,1-8,17-24H2;/q-2;+2. The van der Waals surface area contributed by atoms with Crippen LogP contribution in [-0.4, -0.2) is 9.97 Å². The summed E-state index contributed by atoms with van der Waals surface area (Å²) in [6, 6.07) is 56.0. The van der Waals surface area contributed by atoms with Gasteiger partial charge in [0.1, 0.15) is 0 Å². The summed E-state index contributed by atoms with van der Waals surface area (Å²) < 4.78 is 0. The molecule has 17 rings (SSSR count). The van der Waals surface area contributed by atoms with Crippen molar-refractivity contribution in [3.63, 3.8) is 0 Å². The second-order valence-electron chi connectivity index (χ2n) is 23.8. The van der Waals surface area contributed by atoms with E-state index in [4.69, 9.17) is 19.9 Å². The number of aromatic nitrogens is 4. The van der Waals surface area contributed by atoms with Gasteiger partial charge in [0.05, 0.1) is 22.8 Å². The van der Waals surface area contributed by atoms with Crippen molar-refractivity contribution in [3.05, 3.63) is 168 Å². The molecule has 2 aromatic heterocycles. The average Bonchev–Trinajstić information content (AvgIpc) is 4.39. The van der Waals surface area contributed by atoms with Crippen LogP contribution in [0.1, 0.15) is 149 Å². The minimum Gasteiger partial charge on any atom is -0.656 e. The van der Waals surface area contributed by atoms with Gasteiger partial charge in [-0.15, -0.1) is 22.1 Å². The molecule has 0 radical (unpaired) electrons. The van der Waals surface area contributed by atoms with Crippen LogP contribution in [0.4, 0.5) is 0 Å². The van der Waals surface area contributed by atoms with E-state index in [1.165, 1.54) is 161 Å². The van der Waals surface area contributed by atoms with Gasteiger partial charge in [-0.25, -0.2) is 9.97 Å². The number of nitrogens with zero attached hydrogens (tertiary/aromatic N) is 4. The molecule has 0 N–H and O–H groups in total. The smallest absolute Gasteiger partial charge is 0.656 e. The summed E-state index contributed by atoms with van der Waals surface area (Å²) in [6.07, 6.45) is 18.8. The first kappa shape index (κ1) is 46.2. The maximum absolute atomic E-state index is 6.30. The third-order valence-electron chi connectivity index (χ3n) is 19.6. The van der Waals surface area contributed by atoms with Gasteiger partial charge in [-0.3, -0.25) is 0 Å². The molecule has 5 heteroatoms. The normalized spacial score (nSPS) is 17.2. The van der Waals surface area contributed by atoms with Gasteiger partial charge < -0.3 is 9.97 Å². The molecule has 4 heterocycles. The molecule has 7 aliphatic rings. The van der Waals surface area contributed by atoms with E-state index < -0.39 is 0 Å². The van der Waals surface area contributed by atoms with Crippen LogP contribution in [0.5, 0.6) is 0 Å². The fraction of sp³-hybridized carbons (Fsp3) is 0.278. The summed E-state index contributed by atoms with van der Waals surface area (Å²) in [4.78, 5) is 25.2. The Labute approximate surface area is 463 Å². The first-order chi connectivity index (χ1) is 37.7. The van der Waals surface area contributed by atoms with E-state index in [0.717, 1.165) is 96.2 Å². The summed E-state index contributed by atoms with van der Waals surface area (Å²) in [6.45, 7) is 0. The van der Waals surface area contributed by atoms with Crippen molar-refractivity contribution in [2.75, 3.05) is 0 Å². The molecule has 0 amide bonds. The van der Waals surface area contributed by atoms with Crippen LogP contribution in [-0.2, 0) is 20.4 Å². The zero-order chi connectivity index (χ0) is 49.6. The Morgan fingerprint density at radius 2 is 0.468 bits per heavy atom. The molecule has 4 fully saturated rings. The molecule has 5 aliphatic carbocycles. The van der Waals surface area contributed by atoms with Gasteiger partial charge in [-0.1, -0.05) is 148 Å². The molecular weight excluding hydrogens is 1030 g/mol. The molecule has 8 bridgehead atoms. The molecule has 8 aromatic carbocycles. The van der Waals surface area contributed by atoms with Crippen molar-refractivity contribution >= 4 is 86.7 Å². The molecule has 4 nitrogen and oxygen atoms in total. The molecule has 0 unspecified atom stereocenters. The fourth-order valence-corrected chi connectivity index (χ4v) is 16.0. The second-order valence-corrected chi connectivity index (χ2v) is 23.8. The summed E-state index contributed by atoms with van der Waals surface area (Å²) in [7, 11) is 0. The van der Waals surface area contributed by atoms with Crippen LogP contribution in [0.25, 0.3) is 132 Å². The van der Waals surface area contributed by atoms with Gasteiger partial charge in [0.15, 0.2) is 0 Å². The van der Waals surface area contributed by atoms with E-state index in [0.29, 0.717) is 23.7 Å². The Morgan fingerprint density at radius 3 is 0.675 bits per heavy atom. The molecule has 2 aliphatic heterocycles. The summed E-state index contributed by atoms with van der Waals surface area (Å²) in [5.74, 6) is 1.31. The molecular formula is C72H60N4Pd. The predicted octanol–water partition coefficient (Wildman–Crippen LogP) is 19.8. The van der Waals surface area contributed by atoms with Crippen molar-refractivity contribution in [1.82, 2.24) is 19.9 Å². The SMILES string of the molecule is [Pd+2].c1ccc2cc3c(cc2c1)-c1nc-3c(C2CCCC2)c2[n-]c(c(C3CCCC3)c3nc(c(C4CCCC4)c4[n-]c(c1C1CCCC1)c1cc5ccccc5cc41)-c1cc4ccccc4cc1-3)c1cc3ccccc3cc21. The zero-order valence-electron chi connectivity index (χ0n) is 43.6. The van der Waals surface area contributed by atoms with E-state index >= 15 is 0 Å². The van der Waals surface area contributed by atoms with Gasteiger partial charge in [0.2, 0.25) is 0 Å². The Morgan fingerprint density at radius 1 is 0.273 bits per heavy atom. The maximum atomic E-state index is 6.30. The van der Waals surface area contributed by atoms with E-state index in [2.05, 4.69) is 146 Å². The van der Waals surface area contributed by atoms with Gasteiger partial charge >= 0.3 is 20.4 Å². The van der Waals surface area contributed by atoms with E-state index in [9.17, 15) is 0 Å². The van der Waals surface area contributed by atoms with Crippen molar-refractivity contribution in [1.29, 1.82) is 0 Å². The summed E-state index contributed by atoms with van der Waals surface area (Å²) in [5.41, 5.74) is 19.5. The van der Waals surface area contributed by atoms with Crippen LogP contribution in [0.15, 0.2) is 146 Å². The monoisotopic (exact) mass is 1090 g/mol. The maximum Gasteiger partial charge on any atom is 2.00 e. The first-order valence-electron chi connectivity index (χ1n) is 29.1. The van der Waals surface area contributed by atoms with Crippen LogP contribution < -0.4 is 9.97 Å².